The lowest BCUT2D eigenvalue weighted by atomic mass is 9.88. The predicted octanol–water partition coefficient (Wildman–Crippen LogP) is 2.55. The summed E-state index contributed by atoms with van der Waals surface area (Å²) in [6.45, 7) is 1.44. The van der Waals surface area contributed by atoms with E-state index < -0.39 is 6.67 Å². The number of hydrogen-bond donors (Lipinski definition) is 1. The molecule has 0 amide bonds. The Kier molecular flexibility index (Phi) is 3.48. The molecule has 0 spiro atoms. The average Bonchev–Trinajstić information content (AvgIpc) is 3.18. The van der Waals surface area contributed by atoms with Crippen LogP contribution in [0.1, 0.15) is 30.9 Å². The highest BCUT2D eigenvalue weighted by Gasteiger charge is 2.49. The van der Waals surface area contributed by atoms with E-state index in [9.17, 15) is 4.39 Å². The molecule has 1 unspecified atom stereocenters. The summed E-state index contributed by atoms with van der Waals surface area (Å²) in [5.74, 6) is 1.28. The number of ether oxygens (including phenoxy) is 2. The van der Waals surface area contributed by atoms with Crippen molar-refractivity contribution in [3.63, 3.8) is 0 Å². The van der Waals surface area contributed by atoms with Gasteiger partial charge in [-0.25, -0.2) is 4.39 Å². The van der Waals surface area contributed by atoms with Gasteiger partial charge in [-0.3, -0.25) is 0 Å². The van der Waals surface area contributed by atoms with Gasteiger partial charge in [-0.1, -0.05) is 0 Å². The van der Waals surface area contributed by atoms with Crippen LogP contribution < -0.4 is 15.2 Å². The Bertz CT molecular complexity index is 442. The molecule has 1 aliphatic rings. The maximum atomic E-state index is 12.9. The van der Waals surface area contributed by atoms with Crippen LogP contribution >= 0.6 is 0 Å². The largest absolute Gasteiger partial charge is 0.496 e. The lowest BCUT2D eigenvalue weighted by Crippen LogP contribution is -2.32. The van der Waals surface area contributed by atoms with Gasteiger partial charge in [0, 0.05) is 22.6 Å². The van der Waals surface area contributed by atoms with Crippen molar-refractivity contribution in [1.82, 2.24) is 0 Å². The van der Waals surface area contributed by atoms with Crippen LogP contribution in [0.4, 0.5) is 4.39 Å². The van der Waals surface area contributed by atoms with E-state index in [-0.39, 0.29) is 11.5 Å². The van der Waals surface area contributed by atoms with Crippen LogP contribution in [-0.2, 0) is 12.1 Å². The molecule has 1 aromatic rings. The Morgan fingerprint density at radius 1 is 1.28 bits per heavy atom. The fraction of sp³-hybridized carbons (Fsp3) is 0.571. The molecule has 0 heterocycles. The molecule has 1 saturated carbocycles. The molecule has 0 saturated heterocycles. The Morgan fingerprint density at radius 3 is 2.28 bits per heavy atom. The van der Waals surface area contributed by atoms with Crippen molar-refractivity contribution < 1.29 is 13.9 Å². The van der Waals surface area contributed by atoms with Crippen molar-refractivity contribution in [2.45, 2.75) is 37.9 Å². The number of methoxy groups -OCH3 is 2. The van der Waals surface area contributed by atoms with E-state index in [1.807, 2.05) is 13.0 Å². The summed E-state index contributed by atoms with van der Waals surface area (Å²) in [4.78, 5) is 0. The Labute approximate surface area is 107 Å². The molecule has 1 fully saturated rings. The smallest absolute Gasteiger partial charge is 0.125 e. The summed E-state index contributed by atoms with van der Waals surface area (Å²) in [6, 6.07) is 3.65. The molecule has 3 nitrogen and oxygen atoms in total. The van der Waals surface area contributed by atoms with Crippen LogP contribution in [0, 0.1) is 0 Å². The van der Waals surface area contributed by atoms with Crippen LogP contribution in [0.2, 0.25) is 0 Å². The lowest BCUT2D eigenvalue weighted by Gasteiger charge is -2.24. The third-order valence-corrected chi connectivity index (χ3v) is 3.94. The van der Waals surface area contributed by atoms with Gasteiger partial charge >= 0.3 is 0 Å². The van der Waals surface area contributed by atoms with Crippen LogP contribution in [0.5, 0.6) is 11.5 Å². The van der Waals surface area contributed by atoms with Crippen molar-refractivity contribution in [2.24, 2.45) is 5.73 Å². The van der Waals surface area contributed by atoms with E-state index in [0.29, 0.717) is 17.1 Å². The van der Waals surface area contributed by atoms with E-state index in [2.05, 4.69) is 0 Å². The van der Waals surface area contributed by atoms with Gasteiger partial charge in [-0.2, -0.15) is 0 Å². The standard InChI is InChI=1S/C14H20FNO2/c1-9(16)14(4-5-14)11-7-12(17-2)10(8-15)6-13(11)18-3/h6-7,9H,4-5,8,16H2,1-3H3. The Balaban J connectivity index is 2.53. The van der Waals surface area contributed by atoms with Gasteiger partial charge in [0.25, 0.3) is 0 Å². The van der Waals surface area contributed by atoms with Crippen molar-refractivity contribution in [1.29, 1.82) is 0 Å². The molecule has 100 valence electrons. The van der Waals surface area contributed by atoms with Crippen molar-refractivity contribution in [2.75, 3.05) is 14.2 Å². The van der Waals surface area contributed by atoms with Gasteiger partial charge in [-0.15, -0.1) is 0 Å². The molecule has 2 rings (SSSR count). The molecule has 1 aromatic carbocycles. The third kappa shape index (κ3) is 1.94. The van der Waals surface area contributed by atoms with Crippen LogP contribution in [0.25, 0.3) is 0 Å². The molecule has 18 heavy (non-hydrogen) atoms. The van der Waals surface area contributed by atoms with Gasteiger partial charge < -0.3 is 15.2 Å². The summed E-state index contributed by atoms with van der Waals surface area (Å²) in [5.41, 5.74) is 7.59. The molecular formula is C14H20FNO2. The minimum Gasteiger partial charge on any atom is -0.496 e. The topological polar surface area (TPSA) is 44.5 Å². The fourth-order valence-corrected chi connectivity index (χ4v) is 2.56. The number of nitrogens with two attached hydrogens (primary N) is 1. The zero-order valence-electron chi connectivity index (χ0n) is 11.1. The van der Waals surface area contributed by atoms with Crippen molar-refractivity contribution in [3.8, 4) is 11.5 Å². The molecule has 0 aromatic heterocycles. The summed E-state index contributed by atoms with van der Waals surface area (Å²) < 4.78 is 23.6. The maximum Gasteiger partial charge on any atom is 0.125 e. The number of hydrogen-bond acceptors (Lipinski definition) is 3. The molecule has 2 N–H and O–H groups in total. The molecule has 0 radical (unpaired) electrons. The zero-order chi connectivity index (χ0) is 13.3. The van der Waals surface area contributed by atoms with E-state index >= 15 is 0 Å². The minimum atomic E-state index is -0.564. The summed E-state index contributed by atoms with van der Waals surface area (Å²) in [7, 11) is 3.15. The average molecular weight is 253 g/mol. The van der Waals surface area contributed by atoms with Gasteiger partial charge in [-0.05, 0) is 31.9 Å². The summed E-state index contributed by atoms with van der Waals surface area (Å²) >= 11 is 0. The summed E-state index contributed by atoms with van der Waals surface area (Å²) in [6.07, 6.45) is 2.08. The van der Waals surface area contributed by atoms with Gasteiger partial charge in [0.2, 0.25) is 0 Å². The first-order valence-electron chi connectivity index (χ1n) is 6.16. The fourth-order valence-electron chi connectivity index (χ4n) is 2.56. The normalized spacial score (nSPS) is 18.3. The van der Waals surface area contributed by atoms with E-state index in [0.717, 1.165) is 18.4 Å². The molecule has 1 aliphatic carbocycles. The second kappa shape index (κ2) is 4.76. The van der Waals surface area contributed by atoms with Crippen molar-refractivity contribution >= 4 is 0 Å². The first kappa shape index (κ1) is 13.1. The second-order valence-corrected chi connectivity index (χ2v) is 4.94. The molecular weight excluding hydrogens is 233 g/mol. The van der Waals surface area contributed by atoms with Crippen LogP contribution in [0.3, 0.4) is 0 Å². The van der Waals surface area contributed by atoms with E-state index in [1.165, 1.54) is 0 Å². The first-order valence-corrected chi connectivity index (χ1v) is 6.16. The monoisotopic (exact) mass is 253 g/mol. The number of halogens is 1. The van der Waals surface area contributed by atoms with Gasteiger partial charge in [0.15, 0.2) is 0 Å². The van der Waals surface area contributed by atoms with E-state index in [1.54, 1.807) is 20.3 Å². The number of rotatable bonds is 5. The molecule has 1 atom stereocenters. The quantitative estimate of drug-likeness (QED) is 0.877. The number of benzene rings is 1. The highest BCUT2D eigenvalue weighted by atomic mass is 19.1. The second-order valence-electron chi connectivity index (χ2n) is 4.94. The Morgan fingerprint density at radius 2 is 1.89 bits per heavy atom. The SMILES string of the molecule is COc1cc(C2(C(C)N)CC2)c(OC)cc1CF. The highest BCUT2D eigenvalue weighted by molar-refractivity contribution is 5.52. The summed E-state index contributed by atoms with van der Waals surface area (Å²) in [5, 5.41) is 0. The Hall–Kier alpha value is -1.29. The third-order valence-electron chi connectivity index (χ3n) is 3.94. The zero-order valence-corrected chi connectivity index (χ0v) is 11.1. The minimum absolute atomic E-state index is 0.0343. The maximum absolute atomic E-state index is 12.9. The van der Waals surface area contributed by atoms with Crippen LogP contribution in [0.15, 0.2) is 12.1 Å². The highest BCUT2D eigenvalue weighted by Crippen LogP contribution is 2.54. The molecule has 4 heteroatoms. The lowest BCUT2D eigenvalue weighted by molar-refractivity contribution is 0.376. The van der Waals surface area contributed by atoms with Gasteiger partial charge in [0.05, 0.1) is 14.2 Å². The van der Waals surface area contributed by atoms with Crippen LogP contribution in [-0.4, -0.2) is 20.3 Å². The molecule has 0 bridgehead atoms. The first-order chi connectivity index (χ1) is 8.58. The van der Waals surface area contributed by atoms with Crippen molar-refractivity contribution in [3.05, 3.63) is 23.3 Å². The number of alkyl halides is 1. The van der Waals surface area contributed by atoms with E-state index in [4.69, 9.17) is 15.2 Å². The van der Waals surface area contributed by atoms with Gasteiger partial charge in [0.1, 0.15) is 18.2 Å². The predicted molar refractivity (Wildman–Crippen MR) is 68.9 cm³/mol. The molecule has 0 aliphatic heterocycles.